The van der Waals surface area contributed by atoms with Crippen molar-refractivity contribution >= 4 is 0 Å². The maximum absolute atomic E-state index is 9.27. The zero-order valence-corrected chi connectivity index (χ0v) is 10.3. The number of phenolic OH excluding ortho intramolecular Hbond substituents is 1. The van der Waals surface area contributed by atoms with Crippen LogP contribution in [0.1, 0.15) is 11.1 Å². The molecule has 2 aromatic carbocycles. The van der Waals surface area contributed by atoms with Gasteiger partial charge in [0.25, 0.3) is 0 Å². The Morgan fingerprint density at radius 3 is 1.88 bits per heavy atom. The number of phenols is 1. The molecule has 0 saturated heterocycles. The van der Waals surface area contributed by atoms with Crippen molar-refractivity contribution in [3.63, 3.8) is 0 Å². The Labute approximate surface area is 101 Å². The zero-order chi connectivity index (χ0) is 12.4. The molecule has 1 N–H and O–H groups in total. The van der Waals surface area contributed by atoms with Crippen LogP contribution in [0.5, 0.6) is 11.5 Å². The van der Waals surface area contributed by atoms with Crippen LogP contribution in [-0.2, 0) is 0 Å². The molecule has 0 atom stereocenters. The first-order valence-corrected chi connectivity index (χ1v) is 5.56. The zero-order valence-electron chi connectivity index (χ0n) is 10.3. The standard InChI is InChI=1S/C15H16O2/c1-10-8-13(9-11(2)15(10)17-3)12-4-6-14(16)7-5-12/h4-9,16H,1-3H3. The van der Waals surface area contributed by atoms with Gasteiger partial charge in [0.1, 0.15) is 11.5 Å². The molecule has 2 nitrogen and oxygen atoms in total. The molecule has 0 fully saturated rings. The van der Waals surface area contributed by atoms with Gasteiger partial charge in [0, 0.05) is 0 Å². The fourth-order valence-corrected chi connectivity index (χ4v) is 2.09. The second-order valence-electron chi connectivity index (χ2n) is 4.19. The van der Waals surface area contributed by atoms with Gasteiger partial charge in [-0.1, -0.05) is 12.1 Å². The quantitative estimate of drug-likeness (QED) is 0.849. The first kappa shape index (κ1) is 11.5. The van der Waals surface area contributed by atoms with Gasteiger partial charge in [-0.15, -0.1) is 0 Å². The van der Waals surface area contributed by atoms with E-state index in [1.165, 1.54) is 0 Å². The molecule has 0 saturated carbocycles. The van der Waals surface area contributed by atoms with Gasteiger partial charge in [0.2, 0.25) is 0 Å². The normalized spacial score (nSPS) is 10.3. The molecule has 0 aliphatic heterocycles. The molecular weight excluding hydrogens is 212 g/mol. The summed E-state index contributed by atoms with van der Waals surface area (Å²) in [5, 5.41) is 9.27. The highest BCUT2D eigenvalue weighted by Gasteiger charge is 2.06. The topological polar surface area (TPSA) is 29.5 Å². The molecule has 2 rings (SSSR count). The van der Waals surface area contributed by atoms with E-state index in [-0.39, 0.29) is 5.75 Å². The highest BCUT2D eigenvalue weighted by molar-refractivity contribution is 5.67. The van der Waals surface area contributed by atoms with Crippen LogP contribution in [-0.4, -0.2) is 12.2 Å². The molecule has 0 bridgehead atoms. The van der Waals surface area contributed by atoms with Gasteiger partial charge in [-0.05, 0) is 60.4 Å². The van der Waals surface area contributed by atoms with Crippen LogP contribution in [0.3, 0.4) is 0 Å². The SMILES string of the molecule is COc1c(C)cc(-c2ccc(O)cc2)cc1C. The highest BCUT2D eigenvalue weighted by Crippen LogP contribution is 2.30. The predicted octanol–water partition coefficient (Wildman–Crippen LogP) is 3.68. The van der Waals surface area contributed by atoms with Crippen molar-refractivity contribution in [2.75, 3.05) is 7.11 Å². The predicted molar refractivity (Wildman–Crippen MR) is 69.6 cm³/mol. The van der Waals surface area contributed by atoms with Gasteiger partial charge < -0.3 is 9.84 Å². The molecule has 2 aromatic rings. The fourth-order valence-electron chi connectivity index (χ4n) is 2.09. The summed E-state index contributed by atoms with van der Waals surface area (Å²) >= 11 is 0. The van der Waals surface area contributed by atoms with E-state index in [9.17, 15) is 5.11 Å². The Balaban J connectivity index is 2.50. The number of aromatic hydroxyl groups is 1. The summed E-state index contributed by atoms with van der Waals surface area (Å²) in [5.74, 6) is 1.23. The Bertz CT molecular complexity index is 504. The lowest BCUT2D eigenvalue weighted by Gasteiger charge is -2.11. The third kappa shape index (κ3) is 2.26. The summed E-state index contributed by atoms with van der Waals surface area (Å²) in [6, 6.07) is 11.4. The first-order chi connectivity index (χ1) is 8.11. The monoisotopic (exact) mass is 228 g/mol. The van der Waals surface area contributed by atoms with Crippen LogP contribution >= 0.6 is 0 Å². The molecule has 0 aliphatic rings. The summed E-state index contributed by atoms with van der Waals surface area (Å²) in [5.41, 5.74) is 4.48. The molecule has 2 heteroatoms. The van der Waals surface area contributed by atoms with E-state index < -0.39 is 0 Å². The Hall–Kier alpha value is -1.96. The fraction of sp³-hybridized carbons (Fsp3) is 0.200. The second kappa shape index (κ2) is 4.50. The minimum absolute atomic E-state index is 0.288. The van der Waals surface area contributed by atoms with Crippen LogP contribution in [0.25, 0.3) is 11.1 Å². The lowest BCUT2D eigenvalue weighted by Crippen LogP contribution is -1.92. The van der Waals surface area contributed by atoms with Gasteiger partial charge in [-0.3, -0.25) is 0 Å². The van der Waals surface area contributed by atoms with Crippen LogP contribution in [0.2, 0.25) is 0 Å². The molecule has 88 valence electrons. The van der Waals surface area contributed by atoms with Crippen molar-refractivity contribution in [3.05, 3.63) is 47.5 Å². The minimum atomic E-state index is 0.288. The number of aryl methyl sites for hydroxylation is 2. The summed E-state index contributed by atoms with van der Waals surface area (Å²) in [6.07, 6.45) is 0. The first-order valence-electron chi connectivity index (χ1n) is 5.56. The highest BCUT2D eigenvalue weighted by atomic mass is 16.5. The van der Waals surface area contributed by atoms with Crippen LogP contribution < -0.4 is 4.74 Å². The number of ether oxygens (including phenoxy) is 1. The molecule has 0 amide bonds. The maximum atomic E-state index is 9.27. The molecule has 0 aromatic heterocycles. The average molecular weight is 228 g/mol. The van der Waals surface area contributed by atoms with E-state index in [2.05, 4.69) is 12.1 Å². The molecular formula is C15H16O2. The third-order valence-electron chi connectivity index (χ3n) is 2.87. The Morgan fingerprint density at radius 2 is 1.41 bits per heavy atom. The average Bonchev–Trinajstić information content (AvgIpc) is 2.29. The maximum Gasteiger partial charge on any atom is 0.124 e. The Kier molecular flexibility index (Phi) is 3.05. The minimum Gasteiger partial charge on any atom is -0.508 e. The lowest BCUT2D eigenvalue weighted by atomic mass is 10.00. The van der Waals surface area contributed by atoms with Crippen molar-refractivity contribution in [2.45, 2.75) is 13.8 Å². The van der Waals surface area contributed by atoms with Crippen LogP contribution in [0.15, 0.2) is 36.4 Å². The second-order valence-corrected chi connectivity index (χ2v) is 4.19. The lowest BCUT2D eigenvalue weighted by molar-refractivity contribution is 0.408. The molecule has 0 radical (unpaired) electrons. The largest absolute Gasteiger partial charge is 0.508 e. The molecule has 0 heterocycles. The summed E-state index contributed by atoms with van der Waals surface area (Å²) < 4.78 is 5.35. The number of methoxy groups -OCH3 is 1. The van der Waals surface area contributed by atoms with E-state index in [1.807, 2.05) is 26.0 Å². The van der Waals surface area contributed by atoms with Crippen LogP contribution in [0.4, 0.5) is 0 Å². The van der Waals surface area contributed by atoms with Gasteiger partial charge in [0.15, 0.2) is 0 Å². The number of benzene rings is 2. The number of hydrogen-bond acceptors (Lipinski definition) is 2. The molecule has 0 aliphatic carbocycles. The van der Waals surface area contributed by atoms with Gasteiger partial charge in [-0.2, -0.15) is 0 Å². The number of hydrogen-bond donors (Lipinski definition) is 1. The van der Waals surface area contributed by atoms with Crippen molar-refractivity contribution in [2.24, 2.45) is 0 Å². The van der Waals surface area contributed by atoms with Crippen molar-refractivity contribution in [1.29, 1.82) is 0 Å². The smallest absolute Gasteiger partial charge is 0.124 e. The van der Waals surface area contributed by atoms with Gasteiger partial charge in [0.05, 0.1) is 7.11 Å². The van der Waals surface area contributed by atoms with Crippen molar-refractivity contribution in [1.82, 2.24) is 0 Å². The summed E-state index contributed by atoms with van der Waals surface area (Å²) in [7, 11) is 1.69. The van der Waals surface area contributed by atoms with E-state index in [1.54, 1.807) is 19.2 Å². The summed E-state index contributed by atoms with van der Waals surface area (Å²) in [4.78, 5) is 0. The van der Waals surface area contributed by atoms with Gasteiger partial charge in [-0.25, -0.2) is 0 Å². The number of rotatable bonds is 2. The van der Waals surface area contributed by atoms with E-state index in [4.69, 9.17) is 4.74 Å². The van der Waals surface area contributed by atoms with Crippen molar-refractivity contribution in [3.8, 4) is 22.6 Å². The van der Waals surface area contributed by atoms with E-state index in [0.717, 1.165) is 28.0 Å². The summed E-state index contributed by atoms with van der Waals surface area (Å²) in [6.45, 7) is 4.07. The van der Waals surface area contributed by atoms with Crippen LogP contribution in [0, 0.1) is 13.8 Å². The van der Waals surface area contributed by atoms with Crippen molar-refractivity contribution < 1.29 is 9.84 Å². The van der Waals surface area contributed by atoms with E-state index >= 15 is 0 Å². The van der Waals surface area contributed by atoms with Gasteiger partial charge >= 0.3 is 0 Å². The molecule has 0 spiro atoms. The van der Waals surface area contributed by atoms with E-state index in [0.29, 0.717) is 0 Å². The molecule has 17 heavy (non-hydrogen) atoms. The molecule has 0 unspecified atom stereocenters. The third-order valence-corrected chi connectivity index (χ3v) is 2.87. The Morgan fingerprint density at radius 1 is 0.882 bits per heavy atom.